The van der Waals surface area contributed by atoms with Crippen LogP contribution in [-0.4, -0.2) is 27.3 Å². The van der Waals surface area contributed by atoms with Gasteiger partial charge in [-0.1, -0.05) is 0 Å². The first-order valence-electron chi connectivity index (χ1n) is 3.20. The summed E-state index contributed by atoms with van der Waals surface area (Å²) in [4.78, 5) is 0. The summed E-state index contributed by atoms with van der Waals surface area (Å²) in [5.74, 6) is 2.53. The average molecular weight is 164 g/mol. The van der Waals surface area contributed by atoms with E-state index in [1.54, 1.807) is 0 Å². The van der Waals surface area contributed by atoms with Gasteiger partial charge in [0, 0.05) is 11.5 Å². The highest BCUT2D eigenvalue weighted by Gasteiger charge is 2.17. The maximum absolute atomic E-state index is 8.99. The highest BCUT2D eigenvalue weighted by Crippen LogP contribution is 2.34. The van der Waals surface area contributed by atoms with Gasteiger partial charge < -0.3 is 5.11 Å². The van der Waals surface area contributed by atoms with Crippen molar-refractivity contribution in [2.24, 2.45) is 0 Å². The summed E-state index contributed by atoms with van der Waals surface area (Å²) in [6, 6.07) is 0. The van der Waals surface area contributed by atoms with E-state index in [1.165, 1.54) is 11.5 Å². The molecular formula is C6H12OS2. The first-order chi connectivity index (χ1) is 4.29. The molecule has 0 bridgehead atoms. The summed E-state index contributed by atoms with van der Waals surface area (Å²) < 4.78 is 0.671. The average Bonchev–Trinajstić information content (AvgIpc) is 2.15. The third-order valence-electron chi connectivity index (χ3n) is 1.22. The molecule has 0 saturated carbocycles. The van der Waals surface area contributed by atoms with Crippen LogP contribution in [0.15, 0.2) is 0 Å². The van der Waals surface area contributed by atoms with Gasteiger partial charge in [-0.3, -0.25) is 0 Å². The standard InChI is InChI=1S/C6H12OS2/c1-5(7)4-6-8-2-3-9-6/h5-7H,2-4H2,1H3. The summed E-state index contributed by atoms with van der Waals surface area (Å²) >= 11 is 3.95. The molecule has 1 saturated heterocycles. The molecule has 1 rings (SSSR count). The lowest BCUT2D eigenvalue weighted by Crippen LogP contribution is -2.06. The molecule has 1 heterocycles. The number of hydrogen-bond acceptors (Lipinski definition) is 3. The second-order valence-electron chi connectivity index (χ2n) is 2.26. The van der Waals surface area contributed by atoms with Gasteiger partial charge in [-0.25, -0.2) is 0 Å². The molecule has 1 unspecified atom stereocenters. The molecule has 1 N–H and O–H groups in total. The van der Waals surface area contributed by atoms with Gasteiger partial charge in [-0.05, 0) is 13.3 Å². The van der Waals surface area contributed by atoms with Gasteiger partial charge in [-0.2, -0.15) is 0 Å². The van der Waals surface area contributed by atoms with E-state index in [4.69, 9.17) is 5.11 Å². The van der Waals surface area contributed by atoms with Crippen molar-refractivity contribution in [3.8, 4) is 0 Å². The molecule has 0 aliphatic carbocycles. The molecule has 0 spiro atoms. The normalized spacial score (nSPS) is 24.7. The van der Waals surface area contributed by atoms with Gasteiger partial charge in [0.05, 0.1) is 10.7 Å². The molecule has 1 aliphatic heterocycles. The molecule has 3 heteroatoms. The highest BCUT2D eigenvalue weighted by atomic mass is 32.2. The van der Waals surface area contributed by atoms with Gasteiger partial charge in [0.1, 0.15) is 0 Å². The summed E-state index contributed by atoms with van der Waals surface area (Å²) in [6.07, 6.45) is 0.836. The van der Waals surface area contributed by atoms with Gasteiger partial charge in [-0.15, -0.1) is 23.5 Å². The Morgan fingerprint density at radius 2 is 2.11 bits per heavy atom. The number of aliphatic hydroxyl groups excluding tert-OH is 1. The van der Waals surface area contributed by atoms with Gasteiger partial charge >= 0.3 is 0 Å². The van der Waals surface area contributed by atoms with Crippen LogP contribution in [0.3, 0.4) is 0 Å². The van der Waals surface area contributed by atoms with E-state index in [9.17, 15) is 0 Å². The van der Waals surface area contributed by atoms with Crippen LogP contribution in [0.5, 0.6) is 0 Å². The Labute approximate surface area is 64.6 Å². The molecule has 54 valence electrons. The van der Waals surface area contributed by atoms with E-state index < -0.39 is 0 Å². The van der Waals surface area contributed by atoms with Crippen molar-refractivity contribution in [3.05, 3.63) is 0 Å². The smallest absolute Gasteiger partial charge is 0.0530 e. The quantitative estimate of drug-likeness (QED) is 0.669. The highest BCUT2D eigenvalue weighted by molar-refractivity contribution is 8.20. The topological polar surface area (TPSA) is 20.2 Å². The fourth-order valence-electron chi connectivity index (χ4n) is 0.822. The number of rotatable bonds is 2. The molecule has 0 amide bonds. The molecule has 1 fully saturated rings. The fourth-order valence-corrected chi connectivity index (χ4v) is 3.91. The zero-order valence-electron chi connectivity index (χ0n) is 5.54. The molecular weight excluding hydrogens is 152 g/mol. The predicted molar refractivity (Wildman–Crippen MR) is 45.0 cm³/mol. The van der Waals surface area contributed by atoms with Crippen LogP contribution in [0, 0.1) is 0 Å². The Balaban J connectivity index is 2.11. The van der Waals surface area contributed by atoms with Crippen molar-refractivity contribution in [2.75, 3.05) is 11.5 Å². The van der Waals surface area contributed by atoms with Crippen molar-refractivity contribution in [1.82, 2.24) is 0 Å². The second-order valence-corrected chi connectivity index (χ2v) is 5.18. The van der Waals surface area contributed by atoms with E-state index in [-0.39, 0.29) is 6.10 Å². The van der Waals surface area contributed by atoms with E-state index in [0.29, 0.717) is 4.58 Å². The lowest BCUT2D eigenvalue weighted by Gasteiger charge is -2.08. The molecule has 9 heavy (non-hydrogen) atoms. The first-order valence-corrected chi connectivity index (χ1v) is 5.30. The van der Waals surface area contributed by atoms with E-state index in [1.807, 2.05) is 30.4 Å². The molecule has 0 radical (unpaired) electrons. The molecule has 1 nitrogen and oxygen atoms in total. The Bertz CT molecular complexity index is 79.1. The Kier molecular flexibility index (Phi) is 3.22. The zero-order valence-corrected chi connectivity index (χ0v) is 7.17. The third-order valence-corrected chi connectivity index (χ3v) is 4.31. The number of hydrogen-bond donors (Lipinski definition) is 1. The van der Waals surface area contributed by atoms with Crippen molar-refractivity contribution in [1.29, 1.82) is 0 Å². The Morgan fingerprint density at radius 3 is 2.56 bits per heavy atom. The van der Waals surface area contributed by atoms with Crippen LogP contribution in [0.4, 0.5) is 0 Å². The molecule has 0 aromatic carbocycles. The summed E-state index contributed by atoms with van der Waals surface area (Å²) in [5.41, 5.74) is 0. The summed E-state index contributed by atoms with van der Waals surface area (Å²) in [5, 5.41) is 8.99. The zero-order chi connectivity index (χ0) is 6.69. The maximum atomic E-state index is 8.99. The lowest BCUT2D eigenvalue weighted by molar-refractivity contribution is 0.190. The van der Waals surface area contributed by atoms with E-state index in [2.05, 4.69) is 0 Å². The van der Waals surface area contributed by atoms with Gasteiger partial charge in [0.25, 0.3) is 0 Å². The third kappa shape index (κ3) is 2.83. The first kappa shape index (κ1) is 7.76. The minimum Gasteiger partial charge on any atom is -0.393 e. The fraction of sp³-hybridized carbons (Fsp3) is 1.00. The van der Waals surface area contributed by atoms with Crippen LogP contribution >= 0.6 is 23.5 Å². The van der Waals surface area contributed by atoms with Crippen LogP contribution < -0.4 is 0 Å². The lowest BCUT2D eigenvalue weighted by atomic mass is 10.3. The van der Waals surface area contributed by atoms with Gasteiger partial charge in [0.15, 0.2) is 0 Å². The van der Waals surface area contributed by atoms with Crippen LogP contribution in [0.1, 0.15) is 13.3 Å². The number of aliphatic hydroxyl groups is 1. The largest absolute Gasteiger partial charge is 0.393 e. The summed E-state index contributed by atoms with van der Waals surface area (Å²) in [7, 11) is 0. The Morgan fingerprint density at radius 1 is 1.56 bits per heavy atom. The van der Waals surface area contributed by atoms with E-state index >= 15 is 0 Å². The van der Waals surface area contributed by atoms with Crippen molar-refractivity contribution < 1.29 is 5.11 Å². The predicted octanol–water partition coefficient (Wildman–Crippen LogP) is 1.56. The van der Waals surface area contributed by atoms with Crippen molar-refractivity contribution >= 4 is 23.5 Å². The van der Waals surface area contributed by atoms with Crippen LogP contribution in [0.2, 0.25) is 0 Å². The van der Waals surface area contributed by atoms with Gasteiger partial charge in [0.2, 0.25) is 0 Å². The van der Waals surface area contributed by atoms with Crippen LogP contribution in [-0.2, 0) is 0 Å². The SMILES string of the molecule is CC(O)CC1SCCS1. The molecule has 0 aromatic rings. The van der Waals surface area contributed by atoms with Crippen molar-refractivity contribution in [2.45, 2.75) is 24.0 Å². The minimum absolute atomic E-state index is 0.118. The van der Waals surface area contributed by atoms with E-state index in [0.717, 1.165) is 6.42 Å². The maximum Gasteiger partial charge on any atom is 0.0530 e. The summed E-state index contributed by atoms with van der Waals surface area (Å²) in [6.45, 7) is 1.86. The Hall–Kier alpha value is 0.660. The molecule has 1 aliphatic rings. The molecule has 1 atom stereocenters. The second kappa shape index (κ2) is 3.74. The van der Waals surface area contributed by atoms with Crippen molar-refractivity contribution in [3.63, 3.8) is 0 Å². The van der Waals surface area contributed by atoms with Crippen LogP contribution in [0.25, 0.3) is 0 Å². The molecule has 0 aromatic heterocycles. The number of thioether (sulfide) groups is 2. The minimum atomic E-state index is -0.118. The monoisotopic (exact) mass is 164 g/mol.